The van der Waals surface area contributed by atoms with Crippen molar-refractivity contribution >= 4 is 56.5 Å². The first-order valence-corrected chi connectivity index (χ1v) is 17.7. The Morgan fingerprint density at radius 1 is 0.627 bits per heavy atom. The molecule has 15 heteroatoms. The van der Waals surface area contributed by atoms with E-state index < -0.39 is 12.1 Å². The van der Waals surface area contributed by atoms with Crippen LogP contribution in [0.4, 0.5) is 31.4 Å². The molecule has 0 spiro atoms. The lowest BCUT2D eigenvalue weighted by Gasteiger charge is -2.25. The summed E-state index contributed by atoms with van der Waals surface area (Å²) in [7, 11) is 0. The molecule has 6 aromatic rings. The largest absolute Gasteiger partial charge is 0.326 e. The summed E-state index contributed by atoms with van der Waals surface area (Å²) in [4.78, 5) is 39.0. The van der Waals surface area contributed by atoms with Crippen LogP contribution in [-0.4, -0.2) is 47.4 Å². The molecular weight excluding hydrogens is 683 g/mol. The van der Waals surface area contributed by atoms with Crippen molar-refractivity contribution < 1.29 is 9.59 Å². The fourth-order valence-corrected chi connectivity index (χ4v) is 6.67. The first-order chi connectivity index (χ1) is 24.3. The number of urea groups is 2. The maximum atomic E-state index is 13.3. The minimum absolute atomic E-state index is 0.136. The summed E-state index contributed by atoms with van der Waals surface area (Å²) in [5, 5.41) is 30.1. The topological polar surface area (TPSA) is 172 Å². The molecule has 6 rings (SSSR count). The molecule has 4 amide bonds. The predicted octanol–water partition coefficient (Wildman–Crippen LogP) is 8.38. The van der Waals surface area contributed by atoms with E-state index in [2.05, 4.69) is 104 Å². The highest BCUT2D eigenvalue weighted by Crippen LogP contribution is 2.33. The van der Waals surface area contributed by atoms with E-state index in [-0.39, 0.29) is 10.8 Å². The fourth-order valence-electron chi connectivity index (χ4n) is 5.19. The van der Waals surface area contributed by atoms with Crippen molar-refractivity contribution in [2.24, 2.45) is 0 Å². The molecule has 0 unspecified atom stereocenters. The van der Waals surface area contributed by atoms with Gasteiger partial charge in [-0.3, -0.25) is 25.9 Å². The summed E-state index contributed by atoms with van der Waals surface area (Å²) in [6.45, 7) is 12.8. The molecule has 5 heterocycles. The van der Waals surface area contributed by atoms with Crippen molar-refractivity contribution in [3.05, 3.63) is 102 Å². The van der Waals surface area contributed by atoms with Crippen LogP contribution < -0.4 is 21.3 Å². The summed E-state index contributed by atoms with van der Waals surface area (Å²) in [6, 6.07) is 14.3. The summed E-state index contributed by atoms with van der Waals surface area (Å²) in [5.41, 5.74) is 5.95. The molecule has 0 saturated carbocycles. The second kappa shape index (κ2) is 14.7. The zero-order valence-electron chi connectivity index (χ0n) is 29.0. The van der Waals surface area contributed by atoms with Gasteiger partial charge >= 0.3 is 12.1 Å². The SMILES string of the molecule is CC(C)(C)c1ccc(NC(=O)Nc2nnc(-c3ccncc3)s2)c(Cc2cc(NC(=O)Nc3nnc(-c4ccncc4)s3)ncc2C(C)(C)C)c1. The Bertz CT molecular complexity index is 2160. The smallest absolute Gasteiger partial charge is 0.307 e. The van der Waals surface area contributed by atoms with Gasteiger partial charge in [-0.1, -0.05) is 76.3 Å². The predicted molar refractivity (Wildman–Crippen MR) is 202 cm³/mol. The first kappa shape index (κ1) is 35.2. The molecule has 0 fully saturated rings. The number of benzene rings is 1. The molecule has 1 aromatic carbocycles. The van der Waals surface area contributed by atoms with E-state index in [0.717, 1.165) is 33.4 Å². The highest BCUT2D eigenvalue weighted by molar-refractivity contribution is 7.19. The van der Waals surface area contributed by atoms with Crippen LogP contribution in [0.2, 0.25) is 0 Å². The van der Waals surface area contributed by atoms with Crippen LogP contribution in [0.15, 0.2) is 79.5 Å². The van der Waals surface area contributed by atoms with Gasteiger partial charge in [-0.2, -0.15) is 0 Å². The van der Waals surface area contributed by atoms with Crippen LogP contribution in [0.1, 0.15) is 63.8 Å². The van der Waals surface area contributed by atoms with Crippen molar-refractivity contribution in [3.8, 4) is 21.1 Å². The Morgan fingerprint density at radius 3 is 1.71 bits per heavy atom. The summed E-state index contributed by atoms with van der Waals surface area (Å²) in [5.74, 6) is 0.370. The second-order valence-corrected chi connectivity index (χ2v) is 15.7. The summed E-state index contributed by atoms with van der Waals surface area (Å²) in [6.07, 6.45) is 8.97. The number of hydrogen-bond donors (Lipinski definition) is 4. The number of carbonyl (C=O) groups is 2. The monoisotopic (exact) mass is 719 g/mol. The van der Waals surface area contributed by atoms with Crippen molar-refractivity contribution in [2.75, 3.05) is 21.3 Å². The fraction of sp³-hybridized carbons (Fsp3) is 0.250. The maximum Gasteiger partial charge on any atom is 0.326 e. The van der Waals surface area contributed by atoms with Crippen molar-refractivity contribution in [1.29, 1.82) is 0 Å². The number of aromatic nitrogens is 7. The molecule has 5 aromatic heterocycles. The standard InChI is InChI=1S/C36H37N11O2S2/c1-35(2,3)25-7-8-27(40-31(48)42-33-46-44-29(50-33)21-9-13-37-14-10-21)24(18-25)17-23-19-28(39-20-26(23)36(4,5)6)41-32(49)43-34-47-45-30(51-34)22-11-15-38-16-12-22/h7-16,18-20H,17H2,1-6H3,(H2,40,42,46,48)(H2,39,41,43,47,49). The van der Waals surface area contributed by atoms with Gasteiger partial charge in [-0.15, -0.1) is 20.4 Å². The summed E-state index contributed by atoms with van der Waals surface area (Å²) < 4.78 is 0. The van der Waals surface area contributed by atoms with E-state index in [0.29, 0.717) is 38.2 Å². The molecule has 0 aliphatic carbocycles. The third-order valence-electron chi connectivity index (χ3n) is 7.79. The number of nitrogens with one attached hydrogen (secondary N) is 4. The van der Waals surface area contributed by atoms with Crippen LogP contribution in [0, 0.1) is 0 Å². The van der Waals surface area contributed by atoms with E-state index in [4.69, 9.17) is 0 Å². The molecule has 0 bridgehead atoms. The van der Waals surface area contributed by atoms with E-state index in [9.17, 15) is 9.59 Å². The van der Waals surface area contributed by atoms with Gasteiger partial charge in [0.25, 0.3) is 0 Å². The minimum atomic E-state index is -0.494. The number of hydrogen-bond acceptors (Lipinski definition) is 11. The highest BCUT2D eigenvalue weighted by atomic mass is 32.1. The molecule has 0 radical (unpaired) electrons. The summed E-state index contributed by atoms with van der Waals surface area (Å²) >= 11 is 2.53. The number of rotatable bonds is 8. The average Bonchev–Trinajstić information content (AvgIpc) is 3.75. The third kappa shape index (κ3) is 8.93. The van der Waals surface area contributed by atoms with Gasteiger partial charge in [0.1, 0.15) is 15.8 Å². The Hall–Kier alpha value is -5.67. The van der Waals surface area contributed by atoms with Crippen LogP contribution >= 0.6 is 22.7 Å². The average molecular weight is 720 g/mol. The number of amides is 4. The zero-order valence-corrected chi connectivity index (χ0v) is 30.6. The van der Waals surface area contributed by atoms with Gasteiger partial charge in [-0.05, 0) is 75.9 Å². The van der Waals surface area contributed by atoms with Crippen LogP contribution in [0.5, 0.6) is 0 Å². The van der Waals surface area contributed by atoms with Gasteiger partial charge in [0, 0.05) is 47.8 Å². The molecule has 260 valence electrons. The Morgan fingerprint density at radius 2 is 1.18 bits per heavy atom. The maximum absolute atomic E-state index is 13.3. The van der Waals surface area contributed by atoms with Crippen molar-refractivity contribution in [1.82, 2.24) is 35.3 Å². The van der Waals surface area contributed by atoms with Crippen molar-refractivity contribution in [3.63, 3.8) is 0 Å². The van der Waals surface area contributed by atoms with Crippen LogP contribution in [0.25, 0.3) is 21.1 Å². The van der Waals surface area contributed by atoms with Crippen molar-refractivity contribution in [2.45, 2.75) is 58.8 Å². The second-order valence-electron chi connectivity index (χ2n) is 13.7. The van der Waals surface area contributed by atoms with Crippen LogP contribution in [-0.2, 0) is 17.3 Å². The molecule has 0 saturated heterocycles. The first-order valence-electron chi connectivity index (χ1n) is 16.1. The number of pyridine rings is 3. The Kier molecular flexibility index (Phi) is 10.1. The van der Waals surface area contributed by atoms with E-state index >= 15 is 0 Å². The Labute approximate surface area is 303 Å². The zero-order chi connectivity index (χ0) is 36.2. The highest BCUT2D eigenvalue weighted by Gasteiger charge is 2.23. The quantitative estimate of drug-likeness (QED) is 0.121. The molecule has 0 aliphatic rings. The van der Waals surface area contributed by atoms with Gasteiger partial charge < -0.3 is 5.32 Å². The minimum Gasteiger partial charge on any atom is -0.307 e. The molecule has 51 heavy (non-hydrogen) atoms. The third-order valence-corrected chi connectivity index (χ3v) is 9.56. The van der Waals surface area contributed by atoms with Gasteiger partial charge in [-0.25, -0.2) is 14.6 Å². The lowest BCUT2D eigenvalue weighted by molar-refractivity contribution is 0.261. The van der Waals surface area contributed by atoms with E-state index in [1.165, 1.54) is 22.7 Å². The van der Waals surface area contributed by atoms with Gasteiger partial charge in [0.05, 0.1) is 0 Å². The van der Waals surface area contributed by atoms with Gasteiger partial charge in [0.15, 0.2) is 0 Å². The Balaban J connectivity index is 1.23. The van der Waals surface area contributed by atoms with E-state index in [1.807, 2.05) is 42.5 Å². The number of anilines is 4. The number of carbonyl (C=O) groups excluding carboxylic acids is 2. The lowest BCUT2D eigenvalue weighted by Crippen LogP contribution is -2.22. The molecule has 13 nitrogen and oxygen atoms in total. The lowest BCUT2D eigenvalue weighted by atomic mass is 9.81. The molecule has 0 atom stereocenters. The molecule has 0 aliphatic heterocycles. The normalized spacial score (nSPS) is 11.6. The molecular formula is C36H37N11O2S2. The van der Waals surface area contributed by atoms with E-state index in [1.54, 1.807) is 31.0 Å². The molecule has 4 N–H and O–H groups in total. The van der Waals surface area contributed by atoms with Gasteiger partial charge in [0.2, 0.25) is 10.3 Å². The van der Waals surface area contributed by atoms with Crippen LogP contribution in [0.3, 0.4) is 0 Å². The number of nitrogens with zero attached hydrogens (tertiary/aromatic N) is 7.